The van der Waals surface area contributed by atoms with Crippen molar-refractivity contribution in [1.29, 1.82) is 0 Å². The van der Waals surface area contributed by atoms with Gasteiger partial charge in [0, 0.05) is 29.6 Å². The third kappa shape index (κ3) is 4.01. The summed E-state index contributed by atoms with van der Waals surface area (Å²) >= 11 is 0. The second kappa shape index (κ2) is 10.0. The molecule has 11 heteroatoms. The number of carbonyl (C=O) groups is 2. The molecule has 2 N–H and O–H groups in total. The van der Waals surface area contributed by atoms with Crippen LogP contribution in [0.25, 0.3) is 22.3 Å². The van der Waals surface area contributed by atoms with E-state index in [1.165, 1.54) is 6.07 Å². The fraction of sp³-hybridized carbons (Fsp3) is 0.467. The molecule has 0 spiro atoms. The number of nitrogens with zero attached hydrogens (tertiary/aromatic N) is 3. The molecule has 4 heterocycles. The molecule has 6 rings (SSSR count). The van der Waals surface area contributed by atoms with Crippen molar-refractivity contribution in [3.8, 4) is 11.4 Å². The van der Waals surface area contributed by atoms with E-state index in [0.717, 1.165) is 22.1 Å². The highest BCUT2D eigenvalue weighted by Crippen LogP contribution is 2.47. The van der Waals surface area contributed by atoms with Crippen LogP contribution >= 0.6 is 0 Å². The van der Waals surface area contributed by atoms with Crippen LogP contribution in [0.5, 0.6) is 0 Å². The van der Waals surface area contributed by atoms with Crippen LogP contribution in [0, 0.1) is 12.7 Å². The highest BCUT2D eigenvalue weighted by molar-refractivity contribution is 5.94. The minimum absolute atomic E-state index is 0.0236. The van der Waals surface area contributed by atoms with Crippen molar-refractivity contribution in [3.05, 3.63) is 61.7 Å². The van der Waals surface area contributed by atoms with Crippen molar-refractivity contribution >= 4 is 22.8 Å². The van der Waals surface area contributed by atoms with Crippen molar-refractivity contribution in [2.24, 2.45) is 0 Å². The maximum atomic E-state index is 15.1. The summed E-state index contributed by atoms with van der Waals surface area (Å²) in [7, 11) is 1.73. The van der Waals surface area contributed by atoms with E-state index < -0.39 is 11.6 Å². The highest BCUT2D eigenvalue weighted by Gasteiger charge is 2.46. The molecule has 0 fully saturated rings. The summed E-state index contributed by atoms with van der Waals surface area (Å²) in [5.74, 6) is -1.32. The van der Waals surface area contributed by atoms with E-state index in [1.807, 2.05) is 0 Å². The van der Waals surface area contributed by atoms with E-state index in [-0.39, 0.29) is 80.3 Å². The Kier molecular flexibility index (Phi) is 6.71. The van der Waals surface area contributed by atoms with Crippen LogP contribution in [0.4, 0.5) is 4.39 Å². The lowest BCUT2D eigenvalue weighted by Gasteiger charge is -2.35. The van der Waals surface area contributed by atoms with Crippen molar-refractivity contribution in [2.45, 2.75) is 64.3 Å². The van der Waals surface area contributed by atoms with E-state index >= 15 is 4.39 Å². The Morgan fingerprint density at radius 1 is 1.27 bits per heavy atom. The minimum Gasteiger partial charge on any atom is -0.458 e. The molecule has 0 unspecified atom stereocenters. The number of hydrogen-bond acceptors (Lipinski definition) is 8. The predicted molar refractivity (Wildman–Crippen MR) is 146 cm³/mol. The molecule has 10 nitrogen and oxygen atoms in total. The number of aryl methyl sites for hydroxylation is 1. The van der Waals surface area contributed by atoms with Gasteiger partial charge in [0.1, 0.15) is 12.4 Å². The zero-order valence-electron chi connectivity index (χ0n) is 23.3. The van der Waals surface area contributed by atoms with Gasteiger partial charge < -0.3 is 29.2 Å². The van der Waals surface area contributed by atoms with Gasteiger partial charge >= 0.3 is 5.97 Å². The number of halogens is 1. The lowest BCUT2D eigenvalue weighted by Crippen LogP contribution is -2.44. The fourth-order valence-electron chi connectivity index (χ4n) is 6.59. The van der Waals surface area contributed by atoms with Crippen LogP contribution < -0.4 is 5.56 Å². The first-order valence-corrected chi connectivity index (χ1v) is 13.9. The Morgan fingerprint density at radius 3 is 2.78 bits per heavy atom. The van der Waals surface area contributed by atoms with Gasteiger partial charge in [0.05, 0.1) is 61.3 Å². The van der Waals surface area contributed by atoms with Gasteiger partial charge in [0.15, 0.2) is 5.60 Å². The van der Waals surface area contributed by atoms with Gasteiger partial charge in [-0.15, -0.1) is 0 Å². The number of hydrogen-bond donors (Lipinski definition) is 2. The number of aliphatic hydroxyl groups is 2. The Labute approximate surface area is 235 Å². The van der Waals surface area contributed by atoms with Crippen LogP contribution in [-0.4, -0.2) is 63.4 Å². The second-order valence-electron chi connectivity index (χ2n) is 11.0. The third-order valence-electron chi connectivity index (χ3n) is 8.90. The maximum Gasteiger partial charge on any atom is 0.343 e. The lowest BCUT2D eigenvalue weighted by atomic mass is 9.81. The van der Waals surface area contributed by atoms with E-state index in [4.69, 9.17) is 19.6 Å². The average molecular weight is 566 g/mol. The number of cyclic esters (lactones) is 1. The van der Waals surface area contributed by atoms with Crippen molar-refractivity contribution in [2.75, 3.05) is 26.9 Å². The topological polar surface area (TPSA) is 131 Å². The summed E-state index contributed by atoms with van der Waals surface area (Å²) in [5.41, 5.74) is 2.39. The summed E-state index contributed by atoms with van der Waals surface area (Å²) in [6, 6.07) is 2.67. The smallest absolute Gasteiger partial charge is 0.343 e. The first kappa shape index (κ1) is 27.5. The first-order valence-electron chi connectivity index (χ1n) is 13.9. The molecule has 0 saturated carbocycles. The predicted octanol–water partition coefficient (Wildman–Crippen LogP) is 2.37. The monoisotopic (exact) mass is 565 g/mol. The number of rotatable bonds is 7. The fourth-order valence-corrected chi connectivity index (χ4v) is 6.59. The van der Waals surface area contributed by atoms with Crippen LogP contribution in [0.1, 0.15) is 65.6 Å². The van der Waals surface area contributed by atoms with Crippen LogP contribution in [0.15, 0.2) is 16.9 Å². The molecule has 3 aromatic rings. The largest absolute Gasteiger partial charge is 0.458 e. The molecule has 1 aromatic carbocycles. The number of ether oxygens (including phenoxy) is 2. The molecule has 0 bridgehead atoms. The van der Waals surface area contributed by atoms with E-state index in [2.05, 4.69) is 0 Å². The average Bonchev–Trinajstić information content (AvgIpc) is 3.34. The molecular weight excluding hydrogens is 533 g/mol. The number of aliphatic hydroxyl groups excluding tert-OH is 1. The van der Waals surface area contributed by atoms with E-state index in [1.54, 1.807) is 36.4 Å². The van der Waals surface area contributed by atoms with Crippen molar-refractivity contribution in [3.63, 3.8) is 0 Å². The van der Waals surface area contributed by atoms with E-state index in [9.17, 15) is 19.5 Å². The number of carbonyl (C=O) groups excluding carboxylic acids is 2. The summed E-state index contributed by atoms with van der Waals surface area (Å²) in [6.07, 6.45) is 1.27. The highest BCUT2D eigenvalue weighted by atomic mass is 19.1. The van der Waals surface area contributed by atoms with Gasteiger partial charge in [-0.25, -0.2) is 14.2 Å². The van der Waals surface area contributed by atoms with Crippen LogP contribution in [0.2, 0.25) is 0 Å². The summed E-state index contributed by atoms with van der Waals surface area (Å²) in [4.78, 5) is 46.0. The Bertz CT molecular complexity index is 1680. The zero-order chi connectivity index (χ0) is 29.2. The molecule has 0 radical (unpaired) electrons. The summed E-state index contributed by atoms with van der Waals surface area (Å²) < 4.78 is 27.1. The van der Waals surface area contributed by atoms with Gasteiger partial charge in [-0.2, -0.15) is 0 Å². The number of amides is 1. The van der Waals surface area contributed by atoms with Gasteiger partial charge in [-0.3, -0.25) is 9.59 Å². The molecular formula is C30H32FN3O7. The molecule has 2 aromatic heterocycles. The Balaban J connectivity index is 1.55. The molecule has 2 atom stereocenters. The first-order chi connectivity index (χ1) is 19.6. The Hall–Kier alpha value is -3.67. The van der Waals surface area contributed by atoms with Gasteiger partial charge in [0.2, 0.25) is 5.91 Å². The van der Waals surface area contributed by atoms with Crippen LogP contribution in [-0.2, 0) is 44.2 Å². The zero-order valence-corrected chi connectivity index (χ0v) is 23.3. The molecule has 41 heavy (non-hydrogen) atoms. The lowest BCUT2D eigenvalue weighted by molar-refractivity contribution is -0.172. The van der Waals surface area contributed by atoms with Gasteiger partial charge in [0.25, 0.3) is 5.56 Å². The number of benzene rings is 1. The molecule has 1 aliphatic carbocycles. The molecule has 216 valence electrons. The standard InChI is InChI=1S/C30H32FN3O7/c1-4-30(39)19-11-23-27-17(13-34(23)28(37)18(19)14-41-29(30)38)26-22(33(3)24(36)7-9-40-10-8-35)6-5-16-15(2)20(31)12-21(32-27)25(16)26/h11-12,22,35,39H,4-10,13-14H2,1-3H3/t22-,30-/m0/s1. The maximum absolute atomic E-state index is 15.1. The van der Waals surface area contributed by atoms with Crippen molar-refractivity contribution < 1.29 is 33.7 Å². The molecule has 3 aliphatic rings. The number of esters is 1. The SMILES string of the molecule is CC[C@@]1(O)C(=O)OCc2c1cc1n(c2=O)Cc2c-1nc1cc(F)c(C)c3c1c2[C@@H](N(C)C(=O)CCOCCO)CC3. The Morgan fingerprint density at radius 2 is 2.05 bits per heavy atom. The normalized spacial score (nSPS) is 20.4. The van der Waals surface area contributed by atoms with E-state index in [0.29, 0.717) is 35.3 Å². The van der Waals surface area contributed by atoms with Gasteiger partial charge in [-0.1, -0.05) is 6.92 Å². The number of fused-ring (bicyclic) bond motifs is 5. The summed E-state index contributed by atoms with van der Waals surface area (Å²) in [5, 5.41) is 21.0. The molecule has 1 amide bonds. The third-order valence-corrected chi connectivity index (χ3v) is 8.90. The number of pyridine rings is 2. The second-order valence-corrected chi connectivity index (χ2v) is 11.0. The molecule has 2 aliphatic heterocycles. The number of aromatic nitrogens is 2. The quantitative estimate of drug-likeness (QED) is 0.258. The van der Waals surface area contributed by atoms with Crippen molar-refractivity contribution in [1.82, 2.24) is 14.5 Å². The van der Waals surface area contributed by atoms with Gasteiger partial charge in [-0.05, 0) is 48.9 Å². The van der Waals surface area contributed by atoms with Crippen LogP contribution in [0.3, 0.4) is 0 Å². The molecule has 0 saturated heterocycles. The summed E-state index contributed by atoms with van der Waals surface area (Å²) in [6.45, 7) is 3.53. The minimum atomic E-state index is -1.96.